The Balaban J connectivity index is 1.91. The van der Waals surface area contributed by atoms with Crippen molar-refractivity contribution in [1.82, 2.24) is 10.2 Å². The van der Waals surface area contributed by atoms with E-state index in [2.05, 4.69) is 12.2 Å². The number of nitrogens with zero attached hydrogens (tertiary/aromatic N) is 1. The van der Waals surface area contributed by atoms with Crippen LogP contribution in [0.3, 0.4) is 0 Å². The Morgan fingerprint density at radius 3 is 2.67 bits per heavy atom. The molecule has 1 aliphatic heterocycles. The summed E-state index contributed by atoms with van der Waals surface area (Å²) in [7, 11) is 0. The van der Waals surface area contributed by atoms with Crippen molar-refractivity contribution in [2.24, 2.45) is 5.41 Å². The molecule has 1 aliphatic carbocycles. The SMILES string of the molecule is CC1(CN2CCCNC2=O)CCCCC1. The van der Waals surface area contributed by atoms with Crippen molar-refractivity contribution < 1.29 is 4.79 Å². The minimum atomic E-state index is 0.146. The second-order valence-electron chi connectivity index (χ2n) is 5.38. The molecule has 0 aromatic carbocycles. The van der Waals surface area contributed by atoms with Crippen LogP contribution < -0.4 is 5.32 Å². The number of carbonyl (C=O) groups excluding carboxylic acids is 1. The molecule has 2 fully saturated rings. The first-order chi connectivity index (χ1) is 7.20. The second-order valence-corrected chi connectivity index (χ2v) is 5.38. The number of nitrogens with one attached hydrogen (secondary N) is 1. The zero-order chi connectivity index (χ0) is 10.7. The summed E-state index contributed by atoms with van der Waals surface area (Å²) in [5.41, 5.74) is 0.382. The molecule has 3 heteroatoms. The van der Waals surface area contributed by atoms with Gasteiger partial charge in [-0.1, -0.05) is 26.2 Å². The number of rotatable bonds is 2. The van der Waals surface area contributed by atoms with Gasteiger partial charge >= 0.3 is 6.03 Å². The van der Waals surface area contributed by atoms with Crippen LogP contribution in [-0.4, -0.2) is 30.6 Å². The summed E-state index contributed by atoms with van der Waals surface area (Å²) < 4.78 is 0. The first kappa shape index (κ1) is 10.8. The summed E-state index contributed by atoms with van der Waals surface area (Å²) >= 11 is 0. The lowest BCUT2D eigenvalue weighted by Gasteiger charge is -2.39. The maximum atomic E-state index is 11.6. The molecule has 15 heavy (non-hydrogen) atoms. The van der Waals surface area contributed by atoms with Crippen molar-refractivity contribution >= 4 is 6.03 Å². The lowest BCUT2D eigenvalue weighted by molar-refractivity contribution is 0.121. The van der Waals surface area contributed by atoms with E-state index in [0.717, 1.165) is 26.1 Å². The van der Waals surface area contributed by atoms with Crippen molar-refractivity contribution in [1.29, 1.82) is 0 Å². The van der Waals surface area contributed by atoms with Crippen molar-refractivity contribution in [3.63, 3.8) is 0 Å². The highest BCUT2D eigenvalue weighted by Gasteiger charge is 2.31. The minimum Gasteiger partial charge on any atom is -0.338 e. The Kier molecular flexibility index (Phi) is 3.17. The number of hydrogen-bond donors (Lipinski definition) is 1. The zero-order valence-corrected chi connectivity index (χ0v) is 9.72. The molecule has 2 amide bonds. The van der Waals surface area contributed by atoms with E-state index in [-0.39, 0.29) is 6.03 Å². The molecule has 1 N–H and O–H groups in total. The van der Waals surface area contributed by atoms with Gasteiger partial charge in [-0.2, -0.15) is 0 Å². The van der Waals surface area contributed by atoms with Crippen LogP contribution in [-0.2, 0) is 0 Å². The standard InChI is InChI=1S/C12H22N2O/c1-12(6-3-2-4-7-12)10-14-9-5-8-13-11(14)15/h2-10H2,1H3,(H,13,15). The van der Waals surface area contributed by atoms with E-state index in [1.54, 1.807) is 0 Å². The molecule has 1 heterocycles. The molecule has 0 spiro atoms. The molecule has 0 bridgehead atoms. The molecule has 3 nitrogen and oxygen atoms in total. The van der Waals surface area contributed by atoms with E-state index in [0.29, 0.717) is 5.41 Å². The Hall–Kier alpha value is -0.730. The van der Waals surface area contributed by atoms with Crippen molar-refractivity contribution in [2.75, 3.05) is 19.6 Å². The molecule has 2 rings (SSSR count). The number of carbonyl (C=O) groups is 1. The maximum Gasteiger partial charge on any atom is 0.317 e. The van der Waals surface area contributed by atoms with Gasteiger partial charge in [0, 0.05) is 19.6 Å². The van der Waals surface area contributed by atoms with Gasteiger partial charge in [0.1, 0.15) is 0 Å². The van der Waals surface area contributed by atoms with Crippen LogP contribution in [0.25, 0.3) is 0 Å². The van der Waals surface area contributed by atoms with Crippen LogP contribution in [0, 0.1) is 5.41 Å². The van der Waals surface area contributed by atoms with Crippen molar-refractivity contribution in [3.05, 3.63) is 0 Å². The maximum absolute atomic E-state index is 11.6. The monoisotopic (exact) mass is 210 g/mol. The molecule has 0 aromatic rings. The highest BCUT2D eigenvalue weighted by Crippen LogP contribution is 2.36. The van der Waals surface area contributed by atoms with E-state index < -0.39 is 0 Å². The van der Waals surface area contributed by atoms with Gasteiger partial charge in [-0.15, -0.1) is 0 Å². The molecular formula is C12H22N2O. The molecule has 0 radical (unpaired) electrons. The first-order valence-corrected chi connectivity index (χ1v) is 6.22. The molecule has 0 unspecified atom stereocenters. The fraction of sp³-hybridized carbons (Fsp3) is 0.917. The molecular weight excluding hydrogens is 188 g/mol. The van der Waals surface area contributed by atoms with Crippen LogP contribution in [0.1, 0.15) is 45.4 Å². The molecule has 0 atom stereocenters. The lowest BCUT2D eigenvalue weighted by atomic mass is 9.75. The third-order valence-electron chi connectivity index (χ3n) is 3.80. The van der Waals surface area contributed by atoms with Gasteiger partial charge in [-0.25, -0.2) is 4.79 Å². The van der Waals surface area contributed by atoms with Crippen molar-refractivity contribution in [2.45, 2.75) is 45.4 Å². The highest BCUT2D eigenvalue weighted by molar-refractivity contribution is 5.74. The normalized spacial score (nSPS) is 26.2. The first-order valence-electron chi connectivity index (χ1n) is 6.22. The summed E-state index contributed by atoms with van der Waals surface area (Å²) in [5, 5.41) is 2.93. The van der Waals surface area contributed by atoms with E-state index in [1.807, 2.05) is 4.90 Å². The van der Waals surface area contributed by atoms with E-state index in [9.17, 15) is 4.79 Å². The molecule has 1 saturated heterocycles. The fourth-order valence-electron chi connectivity index (χ4n) is 2.85. The number of amides is 2. The van der Waals surface area contributed by atoms with Crippen molar-refractivity contribution in [3.8, 4) is 0 Å². The third kappa shape index (κ3) is 2.64. The Morgan fingerprint density at radius 2 is 2.00 bits per heavy atom. The molecule has 1 saturated carbocycles. The van der Waals surface area contributed by atoms with Crippen LogP contribution in [0.2, 0.25) is 0 Å². The van der Waals surface area contributed by atoms with Crippen LogP contribution in [0.4, 0.5) is 4.79 Å². The predicted octanol–water partition coefficient (Wildman–Crippen LogP) is 2.37. The average molecular weight is 210 g/mol. The topological polar surface area (TPSA) is 32.3 Å². The van der Waals surface area contributed by atoms with Gasteiger partial charge in [0.15, 0.2) is 0 Å². The highest BCUT2D eigenvalue weighted by atomic mass is 16.2. The van der Waals surface area contributed by atoms with Gasteiger partial charge in [0.25, 0.3) is 0 Å². The van der Waals surface area contributed by atoms with Gasteiger partial charge in [-0.05, 0) is 24.7 Å². The van der Waals surface area contributed by atoms with Crippen LogP contribution in [0.15, 0.2) is 0 Å². The van der Waals surface area contributed by atoms with Crippen LogP contribution >= 0.6 is 0 Å². The predicted molar refractivity (Wildman–Crippen MR) is 60.8 cm³/mol. The minimum absolute atomic E-state index is 0.146. The van der Waals surface area contributed by atoms with E-state index >= 15 is 0 Å². The zero-order valence-electron chi connectivity index (χ0n) is 9.72. The molecule has 0 aromatic heterocycles. The van der Waals surface area contributed by atoms with Gasteiger partial charge in [-0.3, -0.25) is 0 Å². The van der Waals surface area contributed by atoms with Gasteiger partial charge in [0.2, 0.25) is 0 Å². The summed E-state index contributed by atoms with van der Waals surface area (Å²) in [5.74, 6) is 0. The average Bonchev–Trinajstić information content (AvgIpc) is 2.22. The quantitative estimate of drug-likeness (QED) is 0.745. The largest absolute Gasteiger partial charge is 0.338 e. The Morgan fingerprint density at radius 1 is 1.27 bits per heavy atom. The Bertz CT molecular complexity index is 234. The lowest BCUT2D eigenvalue weighted by Crippen LogP contribution is -2.50. The smallest absolute Gasteiger partial charge is 0.317 e. The summed E-state index contributed by atoms with van der Waals surface area (Å²) in [6.07, 6.45) is 7.73. The Labute approximate surface area is 92.2 Å². The summed E-state index contributed by atoms with van der Waals surface area (Å²) in [6, 6.07) is 0.146. The van der Waals surface area contributed by atoms with Crippen LogP contribution in [0.5, 0.6) is 0 Å². The van der Waals surface area contributed by atoms with Gasteiger partial charge in [0.05, 0.1) is 0 Å². The summed E-state index contributed by atoms with van der Waals surface area (Å²) in [4.78, 5) is 13.6. The fourth-order valence-corrected chi connectivity index (χ4v) is 2.85. The van der Waals surface area contributed by atoms with E-state index in [1.165, 1.54) is 32.1 Å². The van der Waals surface area contributed by atoms with E-state index in [4.69, 9.17) is 0 Å². The summed E-state index contributed by atoms with van der Waals surface area (Å²) in [6.45, 7) is 5.10. The van der Waals surface area contributed by atoms with Gasteiger partial charge < -0.3 is 10.2 Å². The second kappa shape index (κ2) is 4.42. The third-order valence-corrected chi connectivity index (χ3v) is 3.80. The number of hydrogen-bond acceptors (Lipinski definition) is 1. The molecule has 2 aliphatic rings. The molecule has 86 valence electrons. The number of urea groups is 1.